The van der Waals surface area contributed by atoms with E-state index in [0.29, 0.717) is 11.5 Å². The maximum absolute atomic E-state index is 13.3. The molecule has 4 aromatic carbocycles. The summed E-state index contributed by atoms with van der Waals surface area (Å²) in [5.41, 5.74) is -2.59. The Morgan fingerprint density at radius 3 is 1.71 bits per heavy atom. The van der Waals surface area contributed by atoms with E-state index in [1.54, 1.807) is 21.1 Å². The van der Waals surface area contributed by atoms with E-state index in [1.807, 2.05) is 78.9 Å². The molecular formula is C45H46N6O12. The van der Waals surface area contributed by atoms with Crippen LogP contribution in [0.15, 0.2) is 120 Å². The van der Waals surface area contributed by atoms with Gasteiger partial charge in [0, 0.05) is 42.9 Å². The molecule has 0 aliphatic carbocycles. The van der Waals surface area contributed by atoms with Gasteiger partial charge < -0.3 is 39.4 Å². The van der Waals surface area contributed by atoms with Crippen molar-refractivity contribution in [2.45, 2.75) is 69.1 Å². The van der Waals surface area contributed by atoms with Crippen LogP contribution < -0.4 is 53.5 Å². The van der Waals surface area contributed by atoms with Crippen molar-refractivity contribution >= 4 is 11.4 Å². The monoisotopic (exact) mass is 862 g/mol. The van der Waals surface area contributed by atoms with Crippen LogP contribution in [0.5, 0.6) is 11.5 Å². The second-order valence-corrected chi connectivity index (χ2v) is 15.6. The molecule has 63 heavy (non-hydrogen) atoms. The molecule has 2 aliphatic heterocycles. The van der Waals surface area contributed by atoms with Gasteiger partial charge in [-0.3, -0.25) is 38.3 Å². The largest absolute Gasteiger partial charge is 0.497 e. The highest BCUT2D eigenvalue weighted by atomic mass is 16.6. The SMILES string of the molecule is COc1ccc(C(OC[C@H]2O[C@@H](n3cc(C)c(=O)[nH]c3=O)C[C@@H]2Nc2c(NC[C@H]3O[C@@H](n4cc(C)c(=O)[nH]c4=O)C[C@@H]3O)c(=O)c2=O)(c2ccccc2)c2ccc(OC)cc2)cc1. The van der Waals surface area contributed by atoms with Crippen molar-refractivity contribution in [2.24, 2.45) is 0 Å². The quantitative estimate of drug-likeness (QED) is 0.0736. The van der Waals surface area contributed by atoms with Crippen molar-refractivity contribution < 1.29 is 28.8 Å². The number of nitrogens with zero attached hydrogens (tertiary/aromatic N) is 2. The van der Waals surface area contributed by atoms with Crippen molar-refractivity contribution in [1.82, 2.24) is 19.1 Å². The lowest BCUT2D eigenvalue weighted by Gasteiger charge is -2.37. The third kappa shape index (κ3) is 8.16. The molecule has 0 unspecified atom stereocenters. The summed E-state index contributed by atoms with van der Waals surface area (Å²) >= 11 is 0. The van der Waals surface area contributed by atoms with E-state index in [-0.39, 0.29) is 48.5 Å². The summed E-state index contributed by atoms with van der Waals surface area (Å²) in [6, 6.07) is 23.8. The maximum atomic E-state index is 13.3. The van der Waals surface area contributed by atoms with E-state index >= 15 is 0 Å². The van der Waals surface area contributed by atoms with Gasteiger partial charge in [0.1, 0.15) is 53.1 Å². The standard InChI is InChI=1S/C45H46N6O12/c1-24-21-50(43(57)48-41(24)55)35-18-31(47-38-37(39(53)40(38)54)46-20-33-32(52)19-36(62-33)51-22-25(2)42(56)49-44(51)58)34(63-35)23-61-45(26-8-6-5-7-9-26,27-10-14-29(59-3)15-11-27)28-12-16-30(60-4)17-13-28/h5-17,21-22,31-36,46-47,52H,18-20,23H2,1-4H3,(H,48,55,57)(H,49,56,58)/t31-,32-,33+,34+,35+,36+/m0/s1. The lowest BCUT2D eigenvalue weighted by molar-refractivity contribution is -0.0788. The van der Waals surface area contributed by atoms with Crippen LogP contribution in [0, 0.1) is 13.8 Å². The molecule has 0 bridgehead atoms. The molecular weight excluding hydrogens is 817 g/mol. The zero-order valence-electron chi connectivity index (χ0n) is 34.8. The minimum atomic E-state index is -1.26. The van der Waals surface area contributed by atoms with E-state index < -0.39 is 75.8 Å². The third-order valence-electron chi connectivity index (χ3n) is 11.7. The predicted molar refractivity (Wildman–Crippen MR) is 231 cm³/mol. The number of methoxy groups -OCH3 is 2. The van der Waals surface area contributed by atoms with Gasteiger partial charge in [0.15, 0.2) is 0 Å². The predicted octanol–water partition coefficient (Wildman–Crippen LogP) is 2.15. The van der Waals surface area contributed by atoms with Gasteiger partial charge in [-0.25, -0.2) is 9.59 Å². The highest BCUT2D eigenvalue weighted by Crippen LogP contribution is 2.43. The van der Waals surface area contributed by atoms with Crippen LogP contribution in [-0.4, -0.2) is 75.9 Å². The average Bonchev–Trinajstić information content (AvgIpc) is 3.88. The Kier molecular flexibility index (Phi) is 11.9. The number of aliphatic hydroxyl groups excluding tert-OH is 1. The molecule has 6 atom stereocenters. The Morgan fingerprint density at radius 2 is 1.17 bits per heavy atom. The summed E-state index contributed by atoms with van der Waals surface area (Å²) < 4.78 is 33.1. The summed E-state index contributed by atoms with van der Waals surface area (Å²) in [6.07, 6.45) is -1.78. The molecule has 2 fully saturated rings. The minimum Gasteiger partial charge on any atom is -0.497 e. The number of ether oxygens (including phenoxy) is 5. The molecule has 0 amide bonds. The number of hydrogen-bond donors (Lipinski definition) is 5. The molecule has 4 heterocycles. The molecule has 18 nitrogen and oxygen atoms in total. The van der Waals surface area contributed by atoms with E-state index in [1.165, 1.54) is 28.5 Å². The van der Waals surface area contributed by atoms with E-state index in [9.17, 15) is 33.9 Å². The van der Waals surface area contributed by atoms with Crippen LogP contribution in [0.25, 0.3) is 0 Å². The fourth-order valence-electron chi connectivity index (χ4n) is 8.24. The number of benzene rings is 3. The number of nitrogens with one attached hydrogen (secondary N) is 4. The summed E-state index contributed by atoms with van der Waals surface area (Å²) in [5, 5.41) is 17.0. The van der Waals surface area contributed by atoms with Gasteiger partial charge in [0.05, 0.1) is 33.0 Å². The molecule has 0 radical (unpaired) electrons. The minimum absolute atomic E-state index is 0.0262. The zero-order valence-corrected chi connectivity index (χ0v) is 34.8. The first-order valence-corrected chi connectivity index (χ1v) is 20.3. The lowest BCUT2D eigenvalue weighted by atomic mass is 9.80. The van der Waals surface area contributed by atoms with Crippen LogP contribution in [0.4, 0.5) is 11.4 Å². The molecule has 18 heteroatoms. The van der Waals surface area contributed by atoms with Crippen molar-refractivity contribution in [3.63, 3.8) is 0 Å². The van der Waals surface area contributed by atoms with Crippen molar-refractivity contribution in [3.05, 3.63) is 181 Å². The maximum Gasteiger partial charge on any atom is 0.330 e. The molecule has 0 spiro atoms. The smallest absolute Gasteiger partial charge is 0.330 e. The van der Waals surface area contributed by atoms with Crippen LogP contribution in [0.3, 0.4) is 0 Å². The lowest BCUT2D eigenvalue weighted by Crippen LogP contribution is -2.44. The van der Waals surface area contributed by atoms with Gasteiger partial charge in [-0.05, 0) is 54.8 Å². The molecule has 6 aromatic rings. The first-order chi connectivity index (χ1) is 30.3. The first kappa shape index (κ1) is 42.8. The molecule has 5 N–H and O–H groups in total. The third-order valence-corrected chi connectivity index (χ3v) is 11.7. The first-order valence-electron chi connectivity index (χ1n) is 20.3. The van der Waals surface area contributed by atoms with Crippen LogP contribution in [0.2, 0.25) is 0 Å². The fraction of sp³-hybridized carbons (Fsp3) is 0.333. The van der Waals surface area contributed by atoms with Crippen molar-refractivity contribution in [3.8, 4) is 11.5 Å². The zero-order chi connectivity index (χ0) is 44.6. The Morgan fingerprint density at radius 1 is 0.683 bits per heavy atom. The molecule has 2 aromatic heterocycles. The summed E-state index contributed by atoms with van der Waals surface area (Å²) in [5.74, 6) is 1.27. The van der Waals surface area contributed by atoms with E-state index in [4.69, 9.17) is 23.7 Å². The van der Waals surface area contributed by atoms with E-state index in [2.05, 4.69) is 20.6 Å². The number of rotatable bonds is 15. The molecule has 0 saturated carbocycles. The van der Waals surface area contributed by atoms with Gasteiger partial charge in [0.2, 0.25) is 0 Å². The van der Waals surface area contributed by atoms with Crippen LogP contribution in [-0.2, 0) is 19.8 Å². The van der Waals surface area contributed by atoms with Crippen molar-refractivity contribution in [1.29, 1.82) is 0 Å². The normalized spacial score (nSPS) is 21.1. The number of aromatic amines is 2. The second kappa shape index (κ2) is 17.5. The molecule has 2 saturated heterocycles. The summed E-state index contributed by atoms with van der Waals surface area (Å²) in [7, 11) is 3.16. The number of anilines is 2. The number of aryl methyl sites for hydroxylation is 2. The molecule has 8 rings (SSSR count). The highest BCUT2D eigenvalue weighted by Gasteiger charge is 2.44. The highest BCUT2D eigenvalue weighted by molar-refractivity contribution is 5.74. The van der Waals surface area contributed by atoms with Gasteiger partial charge >= 0.3 is 11.4 Å². The Bertz CT molecular complexity index is 2870. The van der Waals surface area contributed by atoms with Gasteiger partial charge in [0.25, 0.3) is 22.0 Å². The Balaban J connectivity index is 1.11. The van der Waals surface area contributed by atoms with Gasteiger partial charge in [-0.2, -0.15) is 0 Å². The topological polar surface area (TPSA) is 234 Å². The summed E-state index contributed by atoms with van der Waals surface area (Å²) in [6.45, 7) is 2.87. The number of H-pyrrole nitrogens is 2. The Labute approximate surface area is 358 Å². The van der Waals surface area contributed by atoms with Gasteiger partial charge in [-0.15, -0.1) is 0 Å². The van der Waals surface area contributed by atoms with Crippen molar-refractivity contribution in [2.75, 3.05) is 38.0 Å². The van der Waals surface area contributed by atoms with Crippen LogP contribution in [0.1, 0.15) is 53.1 Å². The van der Waals surface area contributed by atoms with E-state index in [0.717, 1.165) is 16.7 Å². The Hall–Kier alpha value is -6.86. The number of hydrogen-bond acceptors (Lipinski definition) is 14. The average molecular weight is 863 g/mol. The summed E-state index contributed by atoms with van der Waals surface area (Å²) in [4.78, 5) is 80.9. The second-order valence-electron chi connectivity index (χ2n) is 15.6. The molecule has 328 valence electrons. The molecule has 2 aliphatic rings. The van der Waals surface area contributed by atoms with Crippen LogP contribution >= 0.6 is 0 Å². The number of aromatic nitrogens is 4. The van der Waals surface area contributed by atoms with Gasteiger partial charge in [-0.1, -0.05) is 54.6 Å². The fourth-order valence-corrected chi connectivity index (χ4v) is 8.24. The number of aliphatic hydroxyl groups is 1.